The maximum atomic E-state index is 12.6. The van der Waals surface area contributed by atoms with Crippen LogP contribution in [-0.4, -0.2) is 11.8 Å². The van der Waals surface area contributed by atoms with Crippen molar-refractivity contribution >= 4 is 23.2 Å². The van der Waals surface area contributed by atoms with Crippen molar-refractivity contribution in [2.24, 2.45) is 5.92 Å². The highest BCUT2D eigenvalue weighted by atomic mass is 16.2. The predicted octanol–water partition coefficient (Wildman–Crippen LogP) is 4.85. The van der Waals surface area contributed by atoms with E-state index in [1.54, 1.807) is 12.1 Å². The molecule has 0 aromatic heterocycles. The highest BCUT2D eigenvalue weighted by Gasteiger charge is 2.16. The first-order valence-electron chi connectivity index (χ1n) is 8.97. The smallest absolute Gasteiger partial charge is 0.255 e. The number of rotatable bonds is 5. The second-order valence-corrected chi connectivity index (χ2v) is 6.82. The molecule has 3 rings (SSSR count). The summed E-state index contributed by atoms with van der Waals surface area (Å²) in [6.07, 6.45) is 6.76. The van der Waals surface area contributed by atoms with Gasteiger partial charge in [0.05, 0.1) is 11.4 Å². The lowest BCUT2D eigenvalue weighted by molar-refractivity contribution is -0.116. The molecule has 2 amide bonds. The van der Waals surface area contributed by atoms with Crippen molar-refractivity contribution in [1.82, 2.24) is 0 Å². The zero-order valence-corrected chi connectivity index (χ0v) is 15.2. The molecular formula is C22H24N2O2. The summed E-state index contributed by atoms with van der Waals surface area (Å²) in [4.78, 5) is 24.9. The third kappa shape index (κ3) is 4.39. The Morgan fingerprint density at radius 3 is 2.38 bits per heavy atom. The van der Waals surface area contributed by atoms with Gasteiger partial charge in [0.2, 0.25) is 5.91 Å². The van der Waals surface area contributed by atoms with Crippen molar-refractivity contribution in [3.05, 3.63) is 71.3 Å². The first kappa shape index (κ1) is 17.9. The molecule has 26 heavy (non-hydrogen) atoms. The van der Waals surface area contributed by atoms with Crippen LogP contribution in [0.1, 0.15) is 40.7 Å². The monoisotopic (exact) mass is 348 g/mol. The molecule has 1 aliphatic carbocycles. The Labute approximate surface area is 154 Å². The second-order valence-electron chi connectivity index (χ2n) is 6.82. The van der Waals surface area contributed by atoms with Crippen molar-refractivity contribution < 1.29 is 9.59 Å². The number of carbonyl (C=O) groups excluding carboxylic acids is 2. The molecular weight excluding hydrogens is 324 g/mol. The molecule has 0 heterocycles. The molecule has 0 aliphatic heterocycles. The van der Waals surface area contributed by atoms with Crippen molar-refractivity contribution in [2.75, 3.05) is 10.6 Å². The second kappa shape index (κ2) is 8.00. The molecule has 2 aromatic carbocycles. The fourth-order valence-corrected chi connectivity index (χ4v) is 3.08. The molecule has 1 aliphatic rings. The summed E-state index contributed by atoms with van der Waals surface area (Å²) < 4.78 is 0. The molecule has 0 saturated heterocycles. The summed E-state index contributed by atoms with van der Waals surface area (Å²) in [6, 6.07) is 12.9. The van der Waals surface area contributed by atoms with Crippen LogP contribution in [0.5, 0.6) is 0 Å². The maximum absolute atomic E-state index is 12.6. The van der Waals surface area contributed by atoms with E-state index in [1.165, 1.54) is 0 Å². The van der Waals surface area contributed by atoms with Crippen LogP contribution < -0.4 is 10.6 Å². The fourth-order valence-electron chi connectivity index (χ4n) is 3.08. The highest BCUT2D eigenvalue weighted by molar-refractivity contribution is 6.07. The molecule has 0 radical (unpaired) electrons. The van der Waals surface area contributed by atoms with E-state index in [0.29, 0.717) is 29.3 Å². The van der Waals surface area contributed by atoms with Gasteiger partial charge in [-0.15, -0.1) is 0 Å². The van der Waals surface area contributed by atoms with Gasteiger partial charge in [0.15, 0.2) is 0 Å². The standard InChI is InChI=1S/C22H24N2O2/c1-15-11-12-18(13-16(15)2)22(26)24-20-10-6-5-9-19(20)23-21(25)14-17-7-3-4-8-17/h3,5-7,9-13,17H,4,8,14H2,1-2H3,(H,23,25)(H,24,26). The molecule has 2 N–H and O–H groups in total. The third-order valence-corrected chi connectivity index (χ3v) is 4.78. The van der Waals surface area contributed by atoms with Gasteiger partial charge >= 0.3 is 0 Å². The minimum absolute atomic E-state index is 0.0329. The van der Waals surface area contributed by atoms with Gasteiger partial charge in [0.25, 0.3) is 5.91 Å². The summed E-state index contributed by atoms with van der Waals surface area (Å²) in [5.74, 6) is 0.0928. The molecule has 4 nitrogen and oxygen atoms in total. The van der Waals surface area contributed by atoms with Gasteiger partial charge in [-0.25, -0.2) is 0 Å². The number of amides is 2. The van der Waals surface area contributed by atoms with Crippen LogP contribution in [0.4, 0.5) is 11.4 Å². The number of para-hydroxylation sites is 2. The van der Waals surface area contributed by atoms with Crippen molar-refractivity contribution in [3.63, 3.8) is 0 Å². The first-order chi connectivity index (χ1) is 12.5. The Kier molecular flexibility index (Phi) is 5.52. The molecule has 0 fully saturated rings. The van der Waals surface area contributed by atoms with Gasteiger partial charge in [0.1, 0.15) is 0 Å². The summed E-state index contributed by atoms with van der Waals surface area (Å²) in [5.41, 5.74) is 4.05. The zero-order valence-electron chi connectivity index (χ0n) is 15.2. The van der Waals surface area contributed by atoms with Gasteiger partial charge in [-0.3, -0.25) is 9.59 Å². The number of nitrogens with one attached hydrogen (secondary N) is 2. The molecule has 4 heteroatoms. The average molecular weight is 348 g/mol. The molecule has 134 valence electrons. The van der Waals surface area contributed by atoms with Gasteiger partial charge < -0.3 is 10.6 Å². The lowest BCUT2D eigenvalue weighted by Gasteiger charge is -2.14. The molecule has 1 atom stereocenters. The van der Waals surface area contributed by atoms with E-state index in [4.69, 9.17) is 0 Å². The van der Waals surface area contributed by atoms with E-state index in [1.807, 2.05) is 44.2 Å². The molecule has 0 bridgehead atoms. The Morgan fingerprint density at radius 2 is 1.73 bits per heavy atom. The lowest BCUT2D eigenvalue weighted by atomic mass is 10.0. The summed E-state index contributed by atoms with van der Waals surface area (Å²) in [6.45, 7) is 4.00. The van der Waals surface area contributed by atoms with Crippen LogP contribution >= 0.6 is 0 Å². The number of allylic oxidation sites excluding steroid dienone is 2. The van der Waals surface area contributed by atoms with Gasteiger partial charge in [0, 0.05) is 12.0 Å². The van der Waals surface area contributed by atoms with E-state index in [2.05, 4.69) is 22.8 Å². The van der Waals surface area contributed by atoms with Crippen LogP contribution in [0, 0.1) is 19.8 Å². The third-order valence-electron chi connectivity index (χ3n) is 4.78. The quantitative estimate of drug-likeness (QED) is 0.759. The van der Waals surface area contributed by atoms with Crippen molar-refractivity contribution in [1.29, 1.82) is 0 Å². The number of aryl methyl sites for hydroxylation is 2. The Balaban J connectivity index is 1.70. The number of anilines is 2. The molecule has 0 saturated carbocycles. The zero-order chi connectivity index (χ0) is 18.5. The Hall–Kier alpha value is -2.88. The van der Waals surface area contributed by atoms with Gasteiger partial charge in [-0.1, -0.05) is 30.4 Å². The Morgan fingerprint density at radius 1 is 1.00 bits per heavy atom. The largest absolute Gasteiger partial charge is 0.324 e. The number of carbonyl (C=O) groups is 2. The minimum Gasteiger partial charge on any atom is -0.324 e. The average Bonchev–Trinajstić information content (AvgIpc) is 3.11. The summed E-state index contributed by atoms with van der Waals surface area (Å²) >= 11 is 0. The Bertz CT molecular complexity index is 855. The lowest BCUT2D eigenvalue weighted by Crippen LogP contribution is -2.18. The van der Waals surface area contributed by atoms with E-state index in [-0.39, 0.29) is 11.8 Å². The summed E-state index contributed by atoms with van der Waals surface area (Å²) in [7, 11) is 0. The van der Waals surface area contributed by atoms with Crippen molar-refractivity contribution in [3.8, 4) is 0 Å². The van der Waals surface area contributed by atoms with Crippen LogP contribution in [0.3, 0.4) is 0 Å². The maximum Gasteiger partial charge on any atom is 0.255 e. The first-order valence-corrected chi connectivity index (χ1v) is 8.97. The van der Waals surface area contributed by atoms with E-state index >= 15 is 0 Å². The number of benzene rings is 2. The van der Waals surface area contributed by atoms with Crippen LogP contribution in [0.15, 0.2) is 54.6 Å². The van der Waals surface area contributed by atoms with Crippen LogP contribution in [0.25, 0.3) is 0 Å². The highest BCUT2D eigenvalue weighted by Crippen LogP contribution is 2.25. The molecule has 0 spiro atoms. The fraction of sp³-hybridized carbons (Fsp3) is 0.273. The molecule has 1 unspecified atom stereocenters. The predicted molar refractivity (Wildman–Crippen MR) is 105 cm³/mol. The van der Waals surface area contributed by atoms with E-state index < -0.39 is 0 Å². The number of hydrogen-bond donors (Lipinski definition) is 2. The van der Waals surface area contributed by atoms with Crippen molar-refractivity contribution in [2.45, 2.75) is 33.1 Å². The summed E-state index contributed by atoms with van der Waals surface area (Å²) in [5, 5.41) is 5.83. The van der Waals surface area contributed by atoms with Gasteiger partial charge in [-0.2, -0.15) is 0 Å². The van der Waals surface area contributed by atoms with Crippen LogP contribution in [0.2, 0.25) is 0 Å². The minimum atomic E-state index is -0.187. The normalized spacial score (nSPS) is 15.7. The van der Waals surface area contributed by atoms with E-state index in [9.17, 15) is 9.59 Å². The topological polar surface area (TPSA) is 58.2 Å². The van der Waals surface area contributed by atoms with Crippen LogP contribution in [-0.2, 0) is 4.79 Å². The van der Waals surface area contributed by atoms with E-state index in [0.717, 1.165) is 24.0 Å². The van der Waals surface area contributed by atoms with Gasteiger partial charge in [-0.05, 0) is 68.0 Å². The number of hydrogen-bond acceptors (Lipinski definition) is 2. The molecule has 2 aromatic rings. The SMILES string of the molecule is Cc1ccc(C(=O)Nc2ccccc2NC(=O)CC2C=CCC2)cc1C.